The van der Waals surface area contributed by atoms with E-state index in [1.54, 1.807) is 0 Å². The third-order valence-corrected chi connectivity index (χ3v) is 2.61. The standard InChI is InChI=1S/C12H18/c1-8(2)12-7-9(3)6-10(4)11(12)5/h8H,3-4,6-7H2,1-2,5H3. The number of rotatable bonds is 1. The lowest BCUT2D eigenvalue weighted by atomic mass is 9.81. The van der Waals surface area contributed by atoms with Crippen LogP contribution in [0.15, 0.2) is 35.5 Å². The zero-order valence-corrected chi connectivity index (χ0v) is 8.41. The Balaban J connectivity index is 3.01. The summed E-state index contributed by atoms with van der Waals surface area (Å²) in [5.74, 6) is 0.638. The van der Waals surface area contributed by atoms with Gasteiger partial charge in [0.15, 0.2) is 0 Å². The van der Waals surface area contributed by atoms with Crippen LogP contribution in [0.5, 0.6) is 0 Å². The van der Waals surface area contributed by atoms with Gasteiger partial charge in [-0.25, -0.2) is 0 Å². The van der Waals surface area contributed by atoms with Crippen LogP contribution in [0.2, 0.25) is 0 Å². The molecule has 0 aliphatic heterocycles. The van der Waals surface area contributed by atoms with Crippen molar-refractivity contribution in [2.75, 3.05) is 0 Å². The van der Waals surface area contributed by atoms with Crippen molar-refractivity contribution in [2.45, 2.75) is 33.6 Å². The second-order valence-corrected chi connectivity index (χ2v) is 4.01. The maximum atomic E-state index is 4.06. The fourth-order valence-electron chi connectivity index (χ4n) is 1.76. The Kier molecular flexibility index (Phi) is 2.56. The van der Waals surface area contributed by atoms with E-state index >= 15 is 0 Å². The summed E-state index contributed by atoms with van der Waals surface area (Å²) in [6, 6.07) is 0. The van der Waals surface area contributed by atoms with Crippen molar-refractivity contribution >= 4 is 0 Å². The van der Waals surface area contributed by atoms with Crippen molar-refractivity contribution in [3.63, 3.8) is 0 Å². The van der Waals surface area contributed by atoms with Crippen LogP contribution in [0.1, 0.15) is 33.6 Å². The first kappa shape index (κ1) is 9.31. The van der Waals surface area contributed by atoms with E-state index in [2.05, 4.69) is 33.9 Å². The Morgan fingerprint density at radius 2 is 1.75 bits per heavy atom. The van der Waals surface area contributed by atoms with Gasteiger partial charge in [-0.15, -0.1) is 0 Å². The van der Waals surface area contributed by atoms with E-state index in [0.29, 0.717) is 5.92 Å². The van der Waals surface area contributed by atoms with Crippen LogP contribution >= 0.6 is 0 Å². The number of allylic oxidation sites excluding steroid dienone is 4. The Morgan fingerprint density at radius 3 is 2.25 bits per heavy atom. The first-order chi connectivity index (χ1) is 5.52. The van der Waals surface area contributed by atoms with Crippen molar-refractivity contribution in [1.29, 1.82) is 0 Å². The SMILES string of the molecule is C=C1CC(=C)C(C)=C(C(C)C)C1. The van der Waals surface area contributed by atoms with E-state index in [0.717, 1.165) is 12.8 Å². The van der Waals surface area contributed by atoms with Gasteiger partial charge < -0.3 is 0 Å². The van der Waals surface area contributed by atoms with Gasteiger partial charge in [0.1, 0.15) is 0 Å². The molecule has 0 aromatic carbocycles. The summed E-state index contributed by atoms with van der Waals surface area (Å²) in [4.78, 5) is 0. The fraction of sp³-hybridized carbons (Fsp3) is 0.500. The molecule has 0 heterocycles. The monoisotopic (exact) mass is 162 g/mol. The molecule has 12 heavy (non-hydrogen) atoms. The molecular weight excluding hydrogens is 144 g/mol. The molecule has 0 saturated carbocycles. The third-order valence-electron chi connectivity index (χ3n) is 2.61. The summed E-state index contributed by atoms with van der Waals surface area (Å²) in [5.41, 5.74) is 5.51. The van der Waals surface area contributed by atoms with E-state index in [9.17, 15) is 0 Å². The molecule has 0 aromatic rings. The van der Waals surface area contributed by atoms with Crippen LogP contribution in [0.25, 0.3) is 0 Å². The predicted octanol–water partition coefficient (Wildman–Crippen LogP) is 3.87. The molecule has 0 bridgehead atoms. The normalized spacial score (nSPS) is 19.3. The lowest BCUT2D eigenvalue weighted by Gasteiger charge is -2.24. The maximum absolute atomic E-state index is 4.06. The highest BCUT2D eigenvalue weighted by atomic mass is 14.2. The molecule has 1 aliphatic carbocycles. The van der Waals surface area contributed by atoms with Gasteiger partial charge in [-0.1, -0.05) is 38.2 Å². The van der Waals surface area contributed by atoms with Gasteiger partial charge in [-0.2, -0.15) is 0 Å². The minimum Gasteiger partial charge on any atom is -0.0992 e. The molecule has 0 nitrogen and oxygen atoms in total. The van der Waals surface area contributed by atoms with Crippen molar-refractivity contribution in [3.8, 4) is 0 Å². The highest BCUT2D eigenvalue weighted by molar-refractivity contribution is 5.41. The van der Waals surface area contributed by atoms with Crippen LogP contribution in [0.4, 0.5) is 0 Å². The second kappa shape index (κ2) is 3.30. The Morgan fingerprint density at radius 1 is 1.17 bits per heavy atom. The summed E-state index contributed by atoms with van der Waals surface area (Å²) in [5, 5.41) is 0. The molecule has 0 atom stereocenters. The zero-order valence-electron chi connectivity index (χ0n) is 8.41. The Bertz CT molecular complexity index is 251. The molecule has 1 aliphatic rings. The van der Waals surface area contributed by atoms with Crippen molar-refractivity contribution in [1.82, 2.24) is 0 Å². The van der Waals surface area contributed by atoms with E-state index in [1.165, 1.54) is 22.3 Å². The van der Waals surface area contributed by atoms with Crippen LogP contribution in [-0.2, 0) is 0 Å². The molecular formula is C12H18. The Labute approximate surface area is 75.7 Å². The molecule has 66 valence electrons. The average Bonchev–Trinajstić information content (AvgIpc) is 1.96. The highest BCUT2D eigenvalue weighted by Gasteiger charge is 2.16. The van der Waals surface area contributed by atoms with Gasteiger partial charge in [-0.3, -0.25) is 0 Å². The van der Waals surface area contributed by atoms with Gasteiger partial charge in [0.2, 0.25) is 0 Å². The molecule has 0 unspecified atom stereocenters. The van der Waals surface area contributed by atoms with Gasteiger partial charge in [0.25, 0.3) is 0 Å². The third kappa shape index (κ3) is 1.69. The van der Waals surface area contributed by atoms with Crippen molar-refractivity contribution < 1.29 is 0 Å². The van der Waals surface area contributed by atoms with Crippen molar-refractivity contribution in [2.24, 2.45) is 5.92 Å². The molecule has 0 aromatic heterocycles. The van der Waals surface area contributed by atoms with Crippen molar-refractivity contribution in [3.05, 3.63) is 35.5 Å². The Hall–Kier alpha value is -0.780. The topological polar surface area (TPSA) is 0 Å². The quantitative estimate of drug-likeness (QED) is 0.513. The van der Waals surface area contributed by atoms with Gasteiger partial charge in [0.05, 0.1) is 0 Å². The zero-order chi connectivity index (χ0) is 9.30. The molecule has 0 radical (unpaired) electrons. The van der Waals surface area contributed by atoms with E-state index in [4.69, 9.17) is 0 Å². The lowest BCUT2D eigenvalue weighted by molar-refractivity contribution is 0.708. The number of hydrogen-bond donors (Lipinski definition) is 0. The van der Waals surface area contributed by atoms with Crippen LogP contribution < -0.4 is 0 Å². The second-order valence-electron chi connectivity index (χ2n) is 4.01. The molecule has 1 rings (SSSR count). The summed E-state index contributed by atoms with van der Waals surface area (Å²) < 4.78 is 0. The molecule has 0 amide bonds. The summed E-state index contributed by atoms with van der Waals surface area (Å²) in [6.45, 7) is 14.8. The molecule has 0 N–H and O–H groups in total. The molecule has 0 saturated heterocycles. The van der Waals surface area contributed by atoms with E-state index in [1.807, 2.05) is 0 Å². The largest absolute Gasteiger partial charge is 0.0992 e. The first-order valence-electron chi connectivity index (χ1n) is 4.56. The van der Waals surface area contributed by atoms with Crippen LogP contribution in [-0.4, -0.2) is 0 Å². The molecule has 0 heteroatoms. The molecule has 0 spiro atoms. The predicted molar refractivity (Wildman–Crippen MR) is 55.1 cm³/mol. The fourth-order valence-corrected chi connectivity index (χ4v) is 1.76. The van der Waals surface area contributed by atoms with E-state index < -0.39 is 0 Å². The van der Waals surface area contributed by atoms with Gasteiger partial charge in [-0.05, 0) is 36.8 Å². The van der Waals surface area contributed by atoms with Crippen LogP contribution in [0.3, 0.4) is 0 Å². The summed E-state index contributed by atoms with van der Waals surface area (Å²) >= 11 is 0. The first-order valence-corrected chi connectivity index (χ1v) is 4.56. The minimum absolute atomic E-state index is 0.638. The smallest absolute Gasteiger partial charge is 0.00699 e. The lowest BCUT2D eigenvalue weighted by Crippen LogP contribution is -2.06. The maximum Gasteiger partial charge on any atom is -0.00699 e. The number of hydrogen-bond acceptors (Lipinski definition) is 0. The molecule has 0 fully saturated rings. The summed E-state index contributed by atoms with van der Waals surface area (Å²) in [7, 11) is 0. The van der Waals surface area contributed by atoms with E-state index in [-0.39, 0.29) is 0 Å². The van der Waals surface area contributed by atoms with Gasteiger partial charge in [0, 0.05) is 0 Å². The minimum atomic E-state index is 0.638. The van der Waals surface area contributed by atoms with Crippen LogP contribution in [0, 0.1) is 5.92 Å². The highest BCUT2D eigenvalue weighted by Crippen LogP contribution is 2.34. The average molecular weight is 162 g/mol. The van der Waals surface area contributed by atoms with Gasteiger partial charge >= 0.3 is 0 Å². The summed E-state index contributed by atoms with van der Waals surface area (Å²) in [6.07, 6.45) is 2.09.